The summed E-state index contributed by atoms with van der Waals surface area (Å²) in [6, 6.07) is 11.2. The van der Waals surface area contributed by atoms with E-state index in [0.717, 1.165) is 22.3 Å². The Kier molecular flexibility index (Phi) is 4.48. The fourth-order valence-corrected chi connectivity index (χ4v) is 4.31. The van der Waals surface area contributed by atoms with Crippen molar-refractivity contribution in [1.82, 2.24) is 0 Å². The first-order valence-electron chi connectivity index (χ1n) is 9.46. The van der Waals surface area contributed by atoms with Crippen molar-refractivity contribution in [1.29, 1.82) is 5.26 Å². The maximum Gasteiger partial charge on any atom is 0.384 e. The highest BCUT2D eigenvalue weighted by Crippen LogP contribution is 2.50. The fourth-order valence-electron chi connectivity index (χ4n) is 4.31. The average Bonchev–Trinajstić information content (AvgIpc) is 3.15. The number of nitriles is 1. The summed E-state index contributed by atoms with van der Waals surface area (Å²) >= 11 is 0. The van der Waals surface area contributed by atoms with Crippen LogP contribution in [-0.4, -0.2) is 26.0 Å². The Hall–Kier alpha value is -3.83. The molecule has 0 fully saturated rings. The van der Waals surface area contributed by atoms with Gasteiger partial charge < -0.3 is 9.47 Å². The van der Waals surface area contributed by atoms with Gasteiger partial charge in [-0.1, -0.05) is 25.8 Å². The summed E-state index contributed by atoms with van der Waals surface area (Å²) in [5.41, 5.74) is 5.64. The van der Waals surface area contributed by atoms with Gasteiger partial charge in [0.05, 0.1) is 31.4 Å². The lowest BCUT2D eigenvalue weighted by Gasteiger charge is -2.34. The van der Waals surface area contributed by atoms with Crippen LogP contribution in [-0.2, 0) is 21.4 Å². The highest BCUT2D eigenvalue weighted by molar-refractivity contribution is 6.33. The number of Topliss-reactive ketones (excluding diaryl/α,β-unsaturated/α-hetero) is 1. The highest BCUT2D eigenvalue weighted by atomic mass is 16.5. The predicted molar refractivity (Wildman–Crippen MR) is 111 cm³/mol. The summed E-state index contributed by atoms with van der Waals surface area (Å²) in [7, 11) is 2.79. The molecule has 0 N–H and O–H groups in total. The number of ketones is 1. The van der Waals surface area contributed by atoms with Crippen molar-refractivity contribution in [2.75, 3.05) is 14.2 Å². The van der Waals surface area contributed by atoms with Crippen molar-refractivity contribution in [3.8, 4) is 23.7 Å². The van der Waals surface area contributed by atoms with Crippen LogP contribution in [0.1, 0.15) is 52.0 Å². The van der Waals surface area contributed by atoms with Crippen LogP contribution in [0, 0.1) is 23.2 Å². The van der Waals surface area contributed by atoms with Crippen molar-refractivity contribution < 1.29 is 19.1 Å². The van der Waals surface area contributed by atoms with Crippen LogP contribution < -0.4 is 4.74 Å². The Bertz CT molecular complexity index is 1260. The molecule has 0 aliphatic heterocycles. The Labute approximate surface area is 174 Å². The van der Waals surface area contributed by atoms with Crippen molar-refractivity contribution in [3.63, 3.8) is 0 Å². The molecule has 2 aromatic carbocycles. The first-order valence-corrected chi connectivity index (χ1v) is 9.46. The molecule has 5 nitrogen and oxygen atoms in total. The lowest BCUT2D eigenvalue weighted by molar-refractivity contribution is -0.133. The highest BCUT2D eigenvalue weighted by Gasteiger charge is 2.43. The van der Waals surface area contributed by atoms with E-state index in [4.69, 9.17) is 4.74 Å². The van der Waals surface area contributed by atoms with Gasteiger partial charge in [-0.25, -0.2) is 4.79 Å². The number of benzene rings is 2. The van der Waals surface area contributed by atoms with Gasteiger partial charge in [0.1, 0.15) is 5.75 Å². The molecule has 0 spiro atoms. The zero-order valence-electron chi connectivity index (χ0n) is 17.2. The van der Waals surface area contributed by atoms with Crippen LogP contribution in [0.15, 0.2) is 35.9 Å². The summed E-state index contributed by atoms with van der Waals surface area (Å²) in [6.45, 7) is 4.17. The number of nitrogens with zero attached hydrogens (tertiary/aromatic N) is 1. The van der Waals surface area contributed by atoms with E-state index in [0.29, 0.717) is 34.4 Å². The van der Waals surface area contributed by atoms with Gasteiger partial charge in [-0.2, -0.15) is 5.26 Å². The summed E-state index contributed by atoms with van der Waals surface area (Å²) < 4.78 is 10.1. The fraction of sp³-hybridized carbons (Fsp3) is 0.240. The molecule has 30 heavy (non-hydrogen) atoms. The standard InChI is InChI=1S/C25H19NO4/c1-25(2)19-12-21(29-3)15(6-8-22(27)30-4)10-18(19)24(28)23-17-7-5-14(13-26)9-16(17)11-20(23)25/h5,7,9-10,12H,11H2,1-4H3. The molecule has 148 valence electrons. The second-order valence-electron chi connectivity index (χ2n) is 7.81. The van der Waals surface area contributed by atoms with E-state index >= 15 is 0 Å². The molecule has 0 unspecified atom stereocenters. The minimum absolute atomic E-state index is 0.0773. The molecule has 0 aromatic heterocycles. The van der Waals surface area contributed by atoms with Crippen molar-refractivity contribution in [3.05, 3.63) is 69.3 Å². The maximum absolute atomic E-state index is 13.5. The third-order valence-electron chi connectivity index (χ3n) is 5.90. The van der Waals surface area contributed by atoms with Gasteiger partial charge in [0, 0.05) is 22.5 Å². The van der Waals surface area contributed by atoms with E-state index in [9.17, 15) is 14.9 Å². The van der Waals surface area contributed by atoms with Gasteiger partial charge in [0.15, 0.2) is 5.78 Å². The number of allylic oxidation sites excluding steroid dienone is 2. The molecule has 2 aromatic rings. The Morgan fingerprint density at radius 1 is 1.13 bits per heavy atom. The quantitative estimate of drug-likeness (QED) is 0.543. The first kappa shape index (κ1) is 19.5. The smallest absolute Gasteiger partial charge is 0.384 e. The van der Waals surface area contributed by atoms with Crippen molar-refractivity contribution in [2.24, 2.45) is 0 Å². The van der Waals surface area contributed by atoms with Crippen LogP contribution in [0.4, 0.5) is 0 Å². The molecule has 0 saturated carbocycles. The van der Waals surface area contributed by atoms with E-state index < -0.39 is 11.4 Å². The number of rotatable bonds is 1. The molecule has 0 radical (unpaired) electrons. The van der Waals surface area contributed by atoms with Crippen LogP contribution >= 0.6 is 0 Å². The van der Waals surface area contributed by atoms with Crippen LogP contribution in [0.2, 0.25) is 0 Å². The SMILES string of the molecule is COC(=O)C#Cc1cc2c(cc1OC)C(C)(C)C1=C(C2=O)c2ccc(C#N)cc2C1. The molecule has 2 aliphatic rings. The lowest BCUT2D eigenvalue weighted by atomic mass is 9.68. The average molecular weight is 397 g/mol. The maximum atomic E-state index is 13.5. The van der Waals surface area contributed by atoms with Gasteiger partial charge in [0.25, 0.3) is 0 Å². The number of carbonyl (C=O) groups is 2. The number of ether oxygens (including phenoxy) is 2. The Balaban J connectivity index is 1.90. The number of hydrogen-bond donors (Lipinski definition) is 0. The van der Waals surface area contributed by atoms with Gasteiger partial charge in [0.2, 0.25) is 0 Å². The number of hydrogen-bond acceptors (Lipinski definition) is 5. The van der Waals surface area contributed by atoms with E-state index in [1.54, 1.807) is 12.1 Å². The Morgan fingerprint density at radius 3 is 2.57 bits per heavy atom. The molecule has 4 rings (SSSR count). The summed E-state index contributed by atoms with van der Waals surface area (Å²) in [4.78, 5) is 25.0. The molecular weight excluding hydrogens is 378 g/mol. The van der Waals surface area contributed by atoms with Crippen LogP contribution in [0.25, 0.3) is 5.57 Å². The van der Waals surface area contributed by atoms with E-state index in [1.165, 1.54) is 14.2 Å². The molecule has 0 atom stereocenters. The number of fused-ring (bicyclic) bond motifs is 3. The molecule has 5 heteroatoms. The van der Waals surface area contributed by atoms with Crippen molar-refractivity contribution in [2.45, 2.75) is 25.7 Å². The van der Waals surface area contributed by atoms with Gasteiger partial charge >= 0.3 is 5.97 Å². The van der Waals surface area contributed by atoms with Crippen molar-refractivity contribution >= 4 is 17.3 Å². The summed E-state index contributed by atoms with van der Waals surface area (Å²) in [5.74, 6) is 4.91. The Morgan fingerprint density at radius 2 is 1.90 bits per heavy atom. The van der Waals surface area contributed by atoms with E-state index in [2.05, 4.69) is 36.5 Å². The third kappa shape index (κ3) is 2.79. The minimum Gasteiger partial charge on any atom is -0.495 e. The van der Waals surface area contributed by atoms with Gasteiger partial charge in [-0.3, -0.25) is 4.79 Å². The number of methoxy groups -OCH3 is 2. The molecule has 0 amide bonds. The zero-order chi connectivity index (χ0) is 21.6. The molecule has 0 heterocycles. The first-order chi connectivity index (χ1) is 14.3. The monoisotopic (exact) mass is 397 g/mol. The summed E-state index contributed by atoms with van der Waals surface area (Å²) in [6.07, 6.45) is 0.630. The number of carbonyl (C=O) groups excluding carboxylic acids is 2. The topological polar surface area (TPSA) is 76.4 Å². The van der Waals surface area contributed by atoms with Gasteiger partial charge in [-0.15, -0.1) is 0 Å². The summed E-state index contributed by atoms with van der Waals surface area (Å²) in [5, 5.41) is 9.23. The predicted octanol–water partition coefficient (Wildman–Crippen LogP) is 3.58. The van der Waals surface area contributed by atoms with E-state index in [1.807, 2.05) is 18.2 Å². The zero-order valence-corrected chi connectivity index (χ0v) is 17.2. The normalized spacial score (nSPS) is 15.2. The second-order valence-corrected chi connectivity index (χ2v) is 7.81. The van der Waals surface area contributed by atoms with E-state index in [-0.39, 0.29) is 5.78 Å². The molecule has 2 aliphatic carbocycles. The minimum atomic E-state index is -0.663. The molecular formula is C25H19NO4. The van der Waals surface area contributed by atoms with Gasteiger partial charge in [-0.05, 0) is 52.9 Å². The molecule has 0 bridgehead atoms. The largest absolute Gasteiger partial charge is 0.495 e. The lowest BCUT2D eigenvalue weighted by Crippen LogP contribution is -2.30. The van der Waals surface area contributed by atoms with Crippen LogP contribution in [0.3, 0.4) is 0 Å². The number of esters is 1. The molecule has 0 saturated heterocycles. The third-order valence-corrected chi connectivity index (χ3v) is 5.90. The second kappa shape index (κ2) is 6.90. The van der Waals surface area contributed by atoms with Crippen LogP contribution in [0.5, 0.6) is 5.75 Å².